The minimum Gasteiger partial charge on any atom is -0.326 e. The molecular formula is C19H21IN2O2. The third-order valence-electron chi connectivity index (χ3n) is 3.50. The Kier molecular flexibility index (Phi) is 5.64. The van der Waals surface area contributed by atoms with Crippen LogP contribution in [0.3, 0.4) is 0 Å². The molecule has 2 amide bonds. The molecule has 2 N–H and O–H groups in total. The number of rotatable bonds is 3. The van der Waals surface area contributed by atoms with E-state index in [2.05, 4.69) is 33.2 Å². The van der Waals surface area contributed by atoms with Gasteiger partial charge in [0, 0.05) is 25.9 Å². The molecule has 126 valence electrons. The van der Waals surface area contributed by atoms with Crippen LogP contribution in [0.4, 0.5) is 11.4 Å². The zero-order valence-electron chi connectivity index (χ0n) is 14.2. The summed E-state index contributed by atoms with van der Waals surface area (Å²) in [6, 6.07) is 12.8. The standard InChI is InChI=1S/C19H21IN2O2/c1-12-10-14(20)8-9-16(12)22-17(23)13-6-5-7-15(11-13)21-18(24)19(2,3)4/h5-11H,1-4H3,(H,21,24)(H,22,23). The molecule has 0 saturated carbocycles. The van der Waals surface area contributed by atoms with Crippen molar-refractivity contribution in [1.82, 2.24) is 0 Å². The van der Waals surface area contributed by atoms with E-state index in [-0.39, 0.29) is 11.8 Å². The van der Waals surface area contributed by atoms with Gasteiger partial charge in [0.05, 0.1) is 0 Å². The number of anilines is 2. The van der Waals surface area contributed by atoms with E-state index in [1.807, 2.05) is 45.9 Å². The molecule has 2 aromatic rings. The minimum absolute atomic E-state index is 0.0893. The SMILES string of the molecule is Cc1cc(I)ccc1NC(=O)c1cccc(NC(=O)C(C)(C)C)c1. The normalized spacial score (nSPS) is 11.0. The van der Waals surface area contributed by atoms with Crippen LogP contribution in [0.2, 0.25) is 0 Å². The molecule has 0 atom stereocenters. The van der Waals surface area contributed by atoms with Gasteiger partial charge in [-0.1, -0.05) is 26.8 Å². The summed E-state index contributed by atoms with van der Waals surface area (Å²) in [6.45, 7) is 7.49. The van der Waals surface area contributed by atoms with Gasteiger partial charge < -0.3 is 10.6 Å². The first-order valence-electron chi connectivity index (χ1n) is 7.66. The molecule has 0 aliphatic carbocycles. The molecule has 0 saturated heterocycles. The zero-order chi connectivity index (χ0) is 17.9. The van der Waals surface area contributed by atoms with E-state index in [1.54, 1.807) is 24.3 Å². The zero-order valence-corrected chi connectivity index (χ0v) is 16.4. The summed E-state index contributed by atoms with van der Waals surface area (Å²) < 4.78 is 1.12. The van der Waals surface area contributed by atoms with E-state index in [4.69, 9.17) is 0 Å². The second-order valence-electron chi connectivity index (χ2n) is 6.70. The maximum atomic E-state index is 12.5. The van der Waals surface area contributed by atoms with Crippen LogP contribution < -0.4 is 10.6 Å². The van der Waals surface area contributed by atoms with Crippen molar-refractivity contribution in [3.63, 3.8) is 0 Å². The van der Waals surface area contributed by atoms with Crippen LogP contribution in [0, 0.1) is 15.9 Å². The molecule has 0 heterocycles. The van der Waals surface area contributed by atoms with Gasteiger partial charge >= 0.3 is 0 Å². The van der Waals surface area contributed by atoms with Gasteiger partial charge in [-0.15, -0.1) is 0 Å². The molecule has 0 aliphatic heterocycles. The molecule has 0 spiro atoms. The third-order valence-corrected chi connectivity index (χ3v) is 4.17. The summed E-state index contributed by atoms with van der Waals surface area (Å²) in [6.07, 6.45) is 0. The number of carbonyl (C=O) groups excluding carboxylic acids is 2. The molecule has 24 heavy (non-hydrogen) atoms. The average Bonchev–Trinajstić information content (AvgIpc) is 2.49. The van der Waals surface area contributed by atoms with Gasteiger partial charge in [-0.25, -0.2) is 0 Å². The van der Waals surface area contributed by atoms with E-state index in [0.29, 0.717) is 11.3 Å². The Bertz CT molecular complexity index is 779. The molecule has 0 bridgehead atoms. The van der Waals surface area contributed by atoms with Crippen LogP contribution in [-0.2, 0) is 4.79 Å². The lowest BCUT2D eigenvalue weighted by atomic mass is 9.95. The molecular weight excluding hydrogens is 415 g/mol. The third kappa shape index (κ3) is 4.80. The molecule has 0 unspecified atom stereocenters. The fraction of sp³-hybridized carbons (Fsp3) is 0.263. The Morgan fingerprint density at radius 3 is 2.33 bits per heavy atom. The molecule has 0 fully saturated rings. The minimum atomic E-state index is -0.490. The first kappa shape index (κ1) is 18.4. The number of nitrogens with one attached hydrogen (secondary N) is 2. The van der Waals surface area contributed by atoms with Crippen molar-refractivity contribution < 1.29 is 9.59 Å². The molecule has 0 aliphatic rings. The van der Waals surface area contributed by atoms with Gasteiger partial charge in [-0.3, -0.25) is 9.59 Å². The first-order chi connectivity index (χ1) is 11.2. The van der Waals surface area contributed by atoms with Crippen LogP contribution in [0.5, 0.6) is 0 Å². The van der Waals surface area contributed by atoms with Gasteiger partial charge in [0.25, 0.3) is 5.91 Å². The van der Waals surface area contributed by atoms with Crippen molar-refractivity contribution in [3.05, 3.63) is 57.2 Å². The highest BCUT2D eigenvalue weighted by Crippen LogP contribution is 2.21. The lowest BCUT2D eigenvalue weighted by Gasteiger charge is -2.18. The highest BCUT2D eigenvalue weighted by atomic mass is 127. The Morgan fingerprint density at radius 1 is 1.00 bits per heavy atom. The van der Waals surface area contributed by atoms with Crippen LogP contribution in [-0.4, -0.2) is 11.8 Å². The van der Waals surface area contributed by atoms with Gasteiger partial charge in [-0.05, 0) is 71.5 Å². The number of hydrogen-bond donors (Lipinski definition) is 2. The maximum absolute atomic E-state index is 12.5. The Balaban J connectivity index is 2.16. The van der Waals surface area contributed by atoms with Gasteiger partial charge in [-0.2, -0.15) is 0 Å². The van der Waals surface area contributed by atoms with Crippen LogP contribution >= 0.6 is 22.6 Å². The summed E-state index contributed by atoms with van der Waals surface area (Å²) in [5.41, 5.74) is 2.41. The van der Waals surface area contributed by atoms with E-state index >= 15 is 0 Å². The molecule has 2 aromatic carbocycles. The highest BCUT2D eigenvalue weighted by Gasteiger charge is 2.21. The molecule has 4 nitrogen and oxygen atoms in total. The number of aryl methyl sites for hydroxylation is 1. The molecule has 0 radical (unpaired) electrons. The van der Waals surface area contributed by atoms with Crippen molar-refractivity contribution in [1.29, 1.82) is 0 Å². The summed E-state index contributed by atoms with van der Waals surface area (Å²) in [7, 11) is 0. The van der Waals surface area contributed by atoms with Gasteiger partial charge in [0.2, 0.25) is 5.91 Å². The summed E-state index contributed by atoms with van der Waals surface area (Å²) in [5.74, 6) is -0.292. The van der Waals surface area contributed by atoms with Crippen LogP contribution in [0.25, 0.3) is 0 Å². The summed E-state index contributed by atoms with van der Waals surface area (Å²) in [4.78, 5) is 24.5. The number of benzene rings is 2. The Labute approximate surface area is 156 Å². The van der Waals surface area contributed by atoms with Gasteiger partial charge in [0.15, 0.2) is 0 Å². The lowest BCUT2D eigenvalue weighted by Crippen LogP contribution is -2.27. The average molecular weight is 436 g/mol. The number of carbonyl (C=O) groups is 2. The smallest absolute Gasteiger partial charge is 0.255 e. The maximum Gasteiger partial charge on any atom is 0.255 e. The van der Waals surface area contributed by atoms with Crippen molar-refractivity contribution in [2.45, 2.75) is 27.7 Å². The van der Waals surface area contributed by atoms with E-state index in [0.717, 1.165) is 14.8 Å². The predicted octanol–water partition coefficient (Wildman–Crippen LogP) is 4.84. The quantitative estimate of drug-likeness (QED) is 0.677. The van der Waals surface area contributed by atoms with Crippen molar-refractivity contribution in [2.24, 2.45) is 5.41 Å². The first-order valence-corrected chi connectivity index (χ1v) is 8.74. The van der Waals surface area contributed by atoms with Crippen LogP contribution in [0.1, 0.15) is 36.7 Å². The topological polar surface area (TPSA) is 58.2 Å². The van der Waals surface area contributed by atoms with Crippen molar-refractivity contribution >= 4 is 45.8 Å². The van der Waals surface area contributed by atoms with E-state index in [1.165, 1.54) is 0 Å². The van der Waals surface area contributed by atoms with Crippen molar-refractivity contribution in [3.8, 4) is 0 Å². The Morgan fingerprint density at radius 2 is 1.71 bits per heavy atom. The number of amides is 2. The number of halogens is 1. The lowest BCUT2D eigenvalue weighted by molar-refractivity contribution is -0.123. The largest absolute Gasteiger partial charge is 0.326 e. The monoisotopic (exact) mass is 436 g/mol. The number of hydrogen-bond acceptors (Lipinski definition) is 2. The van der Waals surface area contributed by atoms with Crippen LogP contribution in [0.15, 0.2) is 42.5 Å². The summed E-state index contributed by atoms with van der Waals surface area (Å²) >= 11 is 2.24. The fourth-order valence-corrected chi connectivity index (χ4v) is 2.67. The predicted molar refractivity (Wildman–Crippen MR) is 106 cm³/mol. The highest BCUT2D eigenvalue weighted by molar-refractivity contribution is 14.1. The van der Waals surface area contributed by atoms with Crippen molar-refractivity contribution in [2.75, 3.05) is 10.6 Å². The molecule has 5 heteroatoms. The van der Waals surface area contributed by atoms with E-state index in [9.17, 15) is 9.59 Å². The Hall–Kier alpha value is -1.89. The fourth-order valence-electron chi connectivity index (χ4n) is 2.02. The molecule has 2 rings (SSSR count). The van der Waals surface area contributed by atoms with E-state index < -0.39 is 5.41 Å². The second kappa shape index (κ2) is 7.34. The second-order valence-corrected chi connectivity index (χ2v) is 7.94. The van der Waals surface area contributed by atoms with Gasteiger partial charge in [0.1, 0.15) is 0 Å². The molecule has 0 aromatic heterocycles. The summed E-state index contributed by atoms with van der Waals surface area (Å²) in [5, 5.41) is 5.75.